The van der Waals surface area contributed by atoms with E-state index in [1.165, 1.54) is 0 Å². The van der Waals surface area contributed by atoms with Crippen LogP contribution in [0.5, 0.6) is 0 Å². The van der Waals surface area contributed by atoms with E-state index in [-0.39, 0.29) is 0 Å². The van der Waals surface area contributed by atoms with Crippen molar-refractivity contribution in [2.24, 2.45) is 0 Å². The molecule has 0 nitrogen and oxygen atoms in total. The third kappa shape index (κ3) is 0.951. The second-order valence-electron chi connectivity index (χ2n) is 1.38. The molecule has 1 saturated heterocycles. The summed E-state index contributed by atoms with van der Waals surface area (Å²) in [6.45, 7) is 0. The maximum Gasteiger partial charge on any atom is 0.347 e. The third-order valence-electron chi connectivity index (χ3n) is 0.875. The fourth-order valence-electron chi connectivity index (χ4n) is 0.562. The normalized spacial score (nSPS) is 29.1. The molecule has 0 saturated carbocycles. The van der Waals surface area contributed by atoms with Crippen LogP contribution < -0.4 is 0 Å². The highest BCUT2D eigenvalue weighted by Crippen LogP contribution is 1.91. The molecule has 2 aliphatic rings. The Labute approximate surface area is 56.6 Å². The van der Waals surface area contributed by atoms with Crippen LogP contribution >= 0.6 is 0 Å². The summed E-state index contributed by atoms with van der Waals surface area (Å²) >= 11 is 0. The van der Waals surface area contributed by atoms with Crippen molar-refractivity contribution in [1.82, 2.24) is 0 Å². The molecule has 27 valence electrons. The molecule has 0 aromatic rings. The summed E-state index contributed by atoms with van der Waals surface area (Å²) in [7, 11) is 8.80. The standard InChI is InChI=1S/Si7/c1-2-7-4-3-6(1)5-7/q+1. The Morgan fingerprint density at radius 2 is 1.57 bits per heavy atom. The van der Waals surface area contributed by atoms with Crippen molar-refractivity contribution in [1.29, 1.82) is 0 Å². The molecule has 0 aromatic carbocycles. The Bertz CT molecular complexity index is 90.6. The average molecular weight is 197 g/mol. The van der Waals surface area contributed by atoms with Gasteiger partial charge in [-0.1, -0.05) is 0 Å². The fraction of sp³-hybridized carbons (Fsp3) is 0. The molecule has 9 radical (unpaired) electrons. The Kier molecular flexibility index (Phi) is 1.55. The minimum atomic E-state index is 0.476. The topological polar surface area (TPSA) is 0 Å². The van der Waals surface area contributed by atoms with Gasteiger partial charge >= 0.3 is 8.55 Å². The molecular weight excluding hydrogens is 197 g/mol. The molecule has 7 heavy (non-hydrogen) atoms. The lowest BCUT2D eigenvalue weighted by Crippen LogP contribution is -2.30. The van der Waals surface area contributed by atoms with Crippen LogP contribution in [0.2, 0.25) is 0 Å². The van der Waals surface area contributed by atoms with Crippen molar-refractivity contribution in [2.45, 2.75) is 0 Å². The fourth-order valence-corrected chi connectivity index (χ4v) is 137. The molecule has 0 aliphatic carbocycles. The van der Waals surface area contributed by atoms with E-state index in [9.17, 15) is 0 Å². The van der Waals surface area contributed by atoms with Gasteiger partial charge in [0.15, 0.2) is 0 Å². The van der Waals surface area contributed by atoms with Gasteiger partial charge in [-0.25, -0.2) is 0 Å². The first kappa shape index (κ1) is 5.31. The molecule has 0 atom stereocenters. The summed E-state index contributed by atoms with van der Waals surface area (Å²) in [4.78, 5) is 0. The zero-order chi connectivity index (χ0) is 4.69. The molecule has 2 heterocycles. The van der Waals surface area contributed by atoms with Gasteiger partial charge in [0.2, 0.25) is 14.7 Å². The number of rotatable bonds is 0. The zero-order valence-electron chi connectivity index (χ0n) is 3.50. The lowest BCUT2D eigenvalue weighted by molar-refractivity contribution is 3.84. The number of hydrogen-bond acceptors (Lipinski definition) is 0. The highest BCUT2D eigenvalue weighted by Gasteiger charge is 2.47. The molecule has 1 fully saturated rings. The number of fused-ring (bicyclic) bond motifs is 2. The molecule has 2 rings (SSSR count). The summed E-state index contributed by atoms with van der Waals surface area (Å²) in [6, 6.07) is 0. The highest BCUT2D eigenvalue weighted by atomic mass is 30.4. The smallest absolute Gasteiger partial charge is 0.0214 e. The van der Waals surface area contributed by atoms with Crippen LogP contribution in [0.15, 0.2) is 0 Å². The Hall–Kier alpha value is 1.52. The summed E-state index contributed by atoms with van der Waals surface area (Å²) in [5.41, 5.74) is 0. The Morgan fingerprint density at radius 1 is 1.00 bits per heavy atom. The van der Waals surface area contributed by atoms with Crippen LogP contribution in [0.4, 0.5) is 0 Å². The van der Waals surface area contributed by atoms with Crippen molar-refractivity contribution in [3.8, 4) is 0 Å². The third-order valence-corrected chi connectivity index (χ3v) is 70.9. The minimum absolute atomic E-state index is 0.476. The predicted octanol–water partition coefficient (Wildman–Crippen LogP) is -2.67. The maximum atomic E-state index is 1.62. The minimum Gasteiger partial charge on any atom is 0.0214 e. The highest BCUT2D eigenvalue weighted by molar-refractivity contribution is 8.04. The van der Waals surface area contributed by atoms with Gasteiger partial charge in [-0.3, -0.25) is 0 Å². The van der Waals surface area contributed by atoms with Crippen LogP contribution in [0.25, 0.3) is 0 Å². The lowest BCUT2D eigenvalue weighted by atomic mass is 26.2. The van der Waals surface area contributed by atoms with Crippen LogP contribution in [-0.4, -0.2) is 56.6 Å². The van der Waals surface area contributed by atoms with Crippen LogP contribution in [0, 0.1) is 0 Å². The van der Waals surface area contributed by atoms with Crippen molar-refractivity contribution < 1.29 is 0 Å². The first-order valence-electron chi connectivity index (χ1n) is 2.00. The monoisotopic (exact) mass is 196 g/mol. The van der Waals surface area contributed by atoms with E-state index in [2.05, 4.69) is 0 Å². The van der Waals surface area contributed by atoms with Gasteiger partial charge in [0.05, 0.1) is 17.1 Å². The lowest BCUT2D eigenvalue weighted by Gasteiger charge is -1.80. The SMILES string of the molecule is [Si]1[Si][Si]2[Si]=[Si][Si]1[Si+]2. The summed E-state index contributed by atoms with van der Waals surface area (Å²) < 4.78 is 0. The van der Waals surface area contributed by atoms with E-state index in [4.69, 9.17) is 0 Å². The van der Waals surface area contributed by atoms with E-state index in [0.29, 0.717) is 14.7 Å². The summed E-state index contributed by atoms with van der Waals surface area (Å²) in [5.74, 6) is 0. The van der Waals surface area contributed by atoms with Gasteiger partial charge in [-0.2, -0.15) is 0 Å². The van der Waals surface area contributed by atoms with Gasteiger partial charge in [0.1, 0.15) is 0 Å². The predicted molar refractivity (Wildman–Crippen MR) is 40.3 cm³/mol. The molecule has 0 aromatic heterocycles. The van der Waals surface area contributed by atoms with Gasteiger partial charge < -0.3 is 0 Å². The van der Waals surface area contributed by atoms with E-state index in [1.54, 1.807) is 41.9 Å². The first-order valence-corrected chi connectivity index (χ1v) is 18.0. The van der Waals surface area contributed by atoms with Gasteiger partial charge in [-0.05, 0) is 0 Å². The summed E-state index contributed by atoms with van der Waals surface area (Å²) in [5, 5.41) is 0. The summed E-state index contributed by atoms with van der Waals surface area (Å²) in [6.07, 6.45) is 0. The van der Waals surface area contributed by atoms with Crippen LogP contribution in [0.3, 0.4) is 0 Å². The van der Waals surface area contributed by atoms with E-state index in [1.807, 2.05) is 0 Å². The van der Waals surface area contributed by atoms with Crippen molar-refractivity contribution in [2.75, 3.05) is 0 Å². The van der Waals surface area contributed by atoms with Gasteiger partial charge in [-0.15, -0.1) is 0 Å². The second kappa shape index (κ2) is 2.04. The molecule has 0 amide bonds. The van der Waals surface area contributed by atoms with Crippen molar-refractivity contribution in [3.63, 3.8) is 0 Å². The van der Waals surface area contributed by atoms with E-state index >= 15 is 0 Å². The average Bonchev–Trinajstić information content (AvgIpc) is 2.22. The van der Waals surface area contributed by atoms with Gasteiger partial charge in [0.25, 0.3) is 0 Å². The van der Waals surface area contributed by atoms with Crippen molar-refractivity contribution in [3.05, 3.63) is 0 Å². The molecular formula is Si7+. The van der Waals surface area contributed by atoms with Crippen LogP contribution in [-0.2, 0) is 0 Å². The maximum absolute atomic E-state index is 1.62. The molecule has 2 bridgehead atoms. The molecule has 7 heteroatoms. The Balaban J connectivity index is 2.27. The quantitative estimate of drug-likeness (QED) is 0.371. The van der Waals surface area contributed by atoms with E-state index in [0.717, 1.165) is 0 Å². The second-order valence-corrected chi connectivity index (χ2v) is 37.1. The molecule has 0 N–H and O–H groups in total. The molecule has 0 unspecified atom stereocenters. The first-order chi connectivity index (χ1) is 3.45. The Morgan fingerprint density at radius 3 is 1.71 bits per heavy atom. The van der Waals surface area contributed by atoms with Crippen LogP contribution in [0.1, 0.15) is 0 Å². The molecule has 0 spiro atoms. The largest absolute Gasteiger partial charge is 0.347 e. The zero-order valence-corrected chi connectivity index (χ0v) is 10.5. The van der Waals surface area contributed by atoms with Crippen molar-refractivity contribution >= 4 is 56.6 Å². The number of hydrogen-bond donors (Lipinski definition) is 0. The van der Waals surface area contributed by atoms with E-state index < -0.39 is 0 Å². The molecule has 2 aliphatic heterocycles. The van der Waals surface area contributed by atoms with Gasteiger partial charge in [0, 0.05) is 16.3 Å².